The number of aliphatic carboxylic acids is 2. The van der Waals surface area contributed by atoms with E-state index in [-0.39, 0.29) is 6.42 Å². The highest BCUT2D eigenvalue weighted by Gasteiger charge is 2.19. The highest BCUT2D eigenvalue weighted by Crippen LogP contribution is 2.10. The third kappa shape index (κ3) is 5.74. The van der Waals surface area contributed by atoms with E-state index in [0.717, 1.165) is 0 Å². The molecular weight excluding hydrogens is 172 g/mol. The SMILES string of the molecule is CC#CCCC(CC(=O)O)C(=O)O. The van der Waals surface area contributed by atoms with Gasteiger partial charge in [-0.2, -0.15) is 0 Å². The van der Waals surface area contributed by atoms with Crippen LogP contribution in [0, 0.1) is 17.8 Å². The van der Waals surface area contributed by atoms with Gasteiger partial charge in [-0.15, -0.1) is 11.8 Å². The molecule has 4 heteroatoms. The molecule has 1 unspecified atom stereocenters. The molecule has 0 aliphatic heterocycles. The Kier molecular flexibility index (Phi) is 5.37. The fourth-order valence-electron chi connectivity index (χ4n) is 0.895. The number of rotatable bonds is 5. The Morgan fingerprint density at radius 1 is 1.38 bits per heavy atom. The molecule has 1 atom stereocenters. The first-order valence-electron chi connectivity index (χ1n) is 3.92. The molecule has 0 aromatic heterocycles. The summed E-state index contributed by atoms with van der Waals surface area (Å²) >= 11 is 0. The van der Waals surface area contributed by atoms with Crippen LogP contribution in [0.4, 0.5) is 0 Å². The van der Waals surface area contributed by atoms with Crippen LogP contribution in [0.15, 0.2) is 0 Å². The summed E-state index contributed by atoms with van der Waals surface area (Å²) in [6.07, 6.45) is 0.393. The van der Waals surface area contributed by atoms with Gasteiger partial charge in [-0.3, -0.25) is 9.59 Å². The minimum Gasteiger partial charge on any atom is -0.481 e. The number of carboxylic acids is 2. The molecule has 0 spiro atoms. The second kappa shape index (κ2) is 6.06. The minimum atomic E-state index is -1.09. The van der Waals surface area contributed by atoms with Gasteiger partial charge in [-0.25, -0.2) is 0 Å². The van der Waals surface area contributed by atoms with Crippen LogP contribution in [0.25, 0.3) is 0 Å². The molecule has 0 saturated carbocycles. The van der Waals surface area contributed by atoms with Gasteiger partial charge >= 0.3 is 11.9 Å². The van der Waals surface area contributed by atoms with E-state index in [1.165, 1.54) is 0 Å². The molecule has 0 fully saturated rings. The molecule has 13 heavy (non-hydrogen) atoms. The summed E-state index contributed by atoms with van der Waals surface area (Å²) in [6.45, 7) is 1.66. The molecule has 0 heterocycles. The van der Waals surface area contributed by atoms with Crippen molar-refractivity contribution in [3.8, 4) is 11.8 Å². The topological polar surface area (TPSA) is 74.6 Å². The van der Waals surface area contributed by atoms with E-state index in [2.05, 4.69) is 11.8 Å². The molecule has 0 aromatic carbocycles. The third-order valence-electron chi connectivity index (χ3n) is 1.56. The predicted octanol–water partition coefficient (Wildman–Crippen LogP) is 0.965. The Labute approximate surface area is 76.6 Å². The van der Waals surface area contributed by atoms with E-state index in [1.54, 1.807) is 6.92 Å². The van der Waals surface area contributed by atoms with Crippen molar-refractivity contribution in [2.45, 2.75) is 26.2 Å². The highest BCUT2D eigenvalue weighted by atomic mass is 16.4. The maximum atomic E-state index is 10.5. The van der Waals surface area contributed by atoms with Crippen molar-refractivity contribution >= 4 is 11.9 Å². The Morgan fingerprint density at radius 3 is 2.38 bits per heavy atom. The molecule has 0 amide bonds. The van der Waals surface area contributed by atoms with E-state index in [4.69, 9.17) is 10.2 Å². The highest BCUT2D eigenvalue weighted by molar-refractivity contribution is 5.77. The van der Waals surface area contributed by atoms with E-state index >= 15 is 0 Å². The Bertz CT molecular complexity index is 246. The van der Waals surface area contributed by atoms with Crippen LogP contribution in [-0.2, 0) is 9.59 Å². The van der Waals surface area contributed by atoms with Gasteiger partial charge < -0.3 is 10.2 Å². The van der Waals surface area contributed by atoms with Gasteiger partial charge in [-0.1, -0.05) is 0 Å². The molecule has 0 bridgehead atoms. The molecular formula is C9H12O4. The van der Waals surface area contributed by atoms with Gasteiger partial charge in [0, 0.05) is 6.42 Å². The van der Waals surface area contributed by atoms with Gasteiger partial charge in [0.2, 0.25) is 0 Å². The van der Waals surface area contributed by atoms with E-state index < -0.39 is 17.9 Å². The summed E-state index contributed by atoms with van der Waals surface area (Å²) in [5.74, 6) is 2.35. The lowest BCUT2D eigenvalue weighted by Crippen LogP contribution is -2.17. The quantitative estimate of drug-likeness (QED) is 0.624. The monoisotopic (exact) mass is 184 g/mol. The van der Waals surface area contributed by atoms with Crippen molar-refractivity contribution in [1.82, 2.24) is 0 Å². The summed E-state index contributed by atoms with van der Waals surface area (Å²) in [5.41, 5.74) is 0. The van der Waals surface area contributed by atoms with Gasteiger partial charge in [0.05, 0.1) is 12.3 Å². The van der Waals surface area contributed by atoms with Gasteiger partial charge in [0.1, 0.15) is 0 Å². The van der Waals surface area contributed by atoms with Crippen molar-refractivity contribution in [2.75, 3.05) is 0 Å². The predicted molar refractivity (Wildman–Crippen MR) is 46.1 cm³/mol. The normalized spacial score (nSPS) is 11.2. The van der Waals surface area contributed by atoms with Gasteiger partial charge in [-0.05, 0) is 13.3 Å². The van der Waals surface area contributed by atoms with Crippen molar-refractivity contribution in [3.63, 3.8) is 0 Å². The largest absolute Gasteiger partial charge is 0.481 e. The summed E-state index contributed by atoms with van der Waals surface area (Å²) in [4.78, 5) is 20.8. The van der Waals surface area contributed by atoms with Crippen molar-refractivity contribution in [3.05, 3.63) is 0 Å². The zero-order valence-electron chi connectivity index (χ0n) is 7.41. The zero-order valence-corrected chi connectivity index (χ0v) is 7.41. The maximum Gasteiger partial charge on any atom is 0.307 e. The first kappa shape index (κ1) is 11.5. The van der Waals surface area contributed by atoms with Crippen molar-refractivity contribution in [2.24, 2.45) is 5.92 Å². The summed E-state index contributed by atoms with van der Waals surface area (Å²) in [7, 11) is 0. The number of hydrogen-bond acceptors (Lipinski definition) is 2. The molecule has 2 N–H and O–H groups in total. The molecule has 0 radical (unpaired) electrons. The Morgan fingerprint density at radius 2 is 2.00 bits per heavy atom. The number of carbonyl (C=O) groups is 2. The van der Waals surface area contributed by atoms with Crippen LogP contribution >= 0.6 is 0 Å². The fourth-order valence-corrected chi connectivity index (χ4v) is 0.895. The lowest BCUT2D eigenvalue weighted by Gasteiger charge is -2.06. The number of hydrogen-bond donors (Lipinski definition) is 2. The zero-order chi connectivity index (χ0) is 10.3. The average molecular weight is 184 g/mol. The third-order valence-corrected chi connectivity index (χ3v) is 1.56. The molecule has 0 aromatic rings. The van der Waals surface area contributed by atoms with Crippen LogP contribution in [-0.4, -0.2) is 22.2 Å². The first-order chi connectivity index (χ1) is 6.07. The van der Waals surface area contributed by atoms with Gasteiger partial charge in [0.25, 0.3) is 0 Å². The van der Waals surface area contributed by atoms with Crippen LogP contribution in [0.3, 0.4) is 0 Å². The molecule has 4 nitrogen and oxygen atoms in total. The molecule has 0 saturated heterocycles. The van der Waals surface area contributed by atoms with Crippen LogP contribution in [0.2, 0.25) is 0 Å². The Hall–Kier alpha value is -1.50. The summed E-state index contributed by atoms with van der Waals surface area (Å²) in [5, 5.41) is 17.0. The summed E-state index contributed by atoms with van der Waals surface area (Å²) < 4.78 is 0. The minimum absolute atomic E-state index is 0.294. The molecule has 0 aliphatic carbocycles. The lowest BCUT2D eigenvalue weighted by molar-refractivity contribution is -0.148. The van der Waals surface area contributed by atoms with Crippen LogP contribution < -0.4 is 0 Å². The smallest absolute Gasteiger partial charge is 0.307 e. The van der Waals surface area contributed by atoms with Crippen molar-refractivity contribution in [1.29, 1.82) is 0 Å². The van der Waals surface area contributed by atoms with Crippen molar-refractivity contribution < 1.29 is 19.8 Å². The molecule has 0 rings (SSSR count). The van der Waals surface area contributed by atoms with Crippen LogP contribution in [0.5, 0.6) is 0 Å². The maximum absolute atomic E-state index is 10.5. The van der Waals surface area contributed by atoms with E-state index in [0.29, 0.717) is 12.8 Å². The first-order valence-corrected chi connectivity index (χ1v) is 3.92. The summed E-state index contributed by atoms with van der Waals surface area (Å²) in [6, 6.07) is 0. The lowest BCUT2D eigenvalue weighted by atomic mass is 10.00. The Balaban J connectivity index is 4.00. The van der Waals surface area contributed by atoms with Crippen LogP contribution in [0.1, 0.15) is 26.2 Å². The van der Waals surface area contributed by atoms with E-state index in [9.17, 15) is 9.59 Å². The second-order valence-electron chi connectivity index (χ2n) is 2.60. The number of carboxylic acid groups (broad SMARTS) is 2. The molecule has 72 valence electrons. The average Bonchev–Trinajstić information content (AvgIpc) is 2.02. The second-order valence-corrected chi connectivity index (χ2v) is 2.60. The standard InChI is InChI=1S/C9H12O4/c1-2-3-4-5-7(9(12)13)6-8(10)11/h7H,4-6H2,1H3,(H,10,11)(H,12,13). The fraction of sp³-hybridized carbons (Fsp3) is 0.556. The van der Waals surface area contributed by atoms with Gasteiger partial charge in [0.15, 0.2) is 0 Å². The van der Waals surface area contributed by atoms with E-state index in [1.807, 2.05) is 0 Å². The molecule has 0 aliphatic rings.